The fourth-order valence-corrected chi connectivity index (χ4v) is 15.2. The van der Waals surface area contributed by atoms with Crippen LogP contribution in [0.25, 0.3) is 132 Å². The Morgan fingerprint density at radius 3 is 1.07 bits per heavy atom. The predicted octanol–water partition coefficient (Wildman–Crippen LogP) is 24.7. The van der Waals surface area contributed by atoms with Crippen LogP contribution in [0.2, 0.25) is 0 Å². The van der Waals surface area contributed by atoms with Crippen LogP contribution in [0, 0.1) is 18.2 Å². The van der Waals surface area contributed by atoms with Crippen molar-refractivity contribution in [3.8, 4) is 44.3 Å². The molecule has 0 unspecified atom stereocenters. The average Bonchev–Trinajstić information content (AvgIpc) is 1.53. The maximum absolute atomic E-state index is 10.0. The maximum atomic E-state index is 10.0. The van der Waals surface area contributed by atoms with E-state index in [1.54, 1.807) is 11.3 Å². The Bertz CT molecular complexity index is 5570. The number of carbonyl (C=O) groups is 2. The summed E-state index contributed by atoms with van der Waals surface area (Å²) in [6, 6.07) is 85.5. The number of aliphatic hydroxyl groups excluding tert-OH is 2. The van der Waals surface area contributed by atoms with E-state index < -0.39 is 0 Å². The second-order valence-electron chi connectivity index (χ2n) is 26.7. The van der Waals surface area contributed by atoms with Crippen LogP contribution in [0.1, 0.15) is 154 Å². The Hall–Kier alpha value is -9.68. The van der Waals surface area contributed by atoms with E-state index in [9.17, 15) is 9.59 Å². The van der Waals surface area contributed by atoms with Gasteiger partial charge in [-0.2, -0.15) is 11.3 Å². The zero-order valence-electron chi connectivity index (χ0n) is 66.7. The molecule has 2 aliphatic rings. The third kappa shape index (κ3) is 22.9. The van der Waals surface area contributed by atoms with Crippen molar-refractivity contribution in [2.45, 2.75) is 134 Å². The van der Waals surface area contributed by atoms with Gasteiger partial charge in [-0.05, 0) is 154 Å². The van der Waals surface area contributed by atoms with Crippen LogP contribution in [0.5, 0.6) is 0 Å². The number of aliphatic hydroxyl groups is 2. The van der Waals surface area contributed by atoms with E-state index in [-0.39, 0.29) is 104 Å². The van der Waals surface area contributed by atoms with E-state index in [0.29, 0.717) is 0 Å². The number of rotatable bonds is 14. The van der Waals surface area contributed by atoms with Gasteiger partial charge in [0.25, 0.3) is 0 Å². The SMILES string of the molecule is CC(=O)C=C(C)O.CC(=O)C=C(C)O.CCC1=C(CC)c2cc3[n-]c(cc4nc(cc5[n-]c(cc1n2)c(CC)c5CC)C(CC)=C4CC)c(CC)c3CC.[Ir].[Ir].[Ir].[Pt+2].[c-]1ccccc1-c1nc2ccccc2c2ccccc12.[c-]1ccccc1-c1nc2ccccc2nc1-c1ccccc1.[c-]1ccccc1-c1nc2ccccc2s1. The number of para-hydroxylation sites is 4. The molecular formula is C98H93Ir3N8O4PtS-3. The monoisotopic (exact) mass is 2250 g/mol. The Morgan fingerprint density at radius 1 is 0.357 bits per heavy atom. The summed E-state index contributed by atoms with van der Waals surface area (Å²) in [5.41, 5.74) is 29.9. The molecule has 0 amide bonds. The molecule has 8 bridgehead atoms. The summed E-state index contributed by atoms with van der Waals surface area (Å²) < 4.78 is 1.23. The molecule has 3 radical (unpaired) electrons. The van der Waals surface area contributed by atoms with Gasteiger partial charge in [-0.15, -0.1) is 130 Å². The number of hydrogen-bond donors (Lipinski definition) is 2. The van der Waals surface area contributed by atoms with Crippen molar-refractivity contribution < 1.29 is 101 Å². The first kappa shape index (κ1) is 92.5. The van der Waals surface area contributed by atoms with Crippen LogP contribution >= 0.6 is 11.3 Å². The Labute approximate surface area is 734 Å². The summed E-state index contributed by atoms with van der Waals surface area (Å²) in [5.74, 6) is -0.125. The minimum Gasteiger partial charge on any atom is -0.657 e. The molecule has 12 nitrogen and oxygen atoms in total. The average molecular weight is 2250 g/mol. The van der Waals surface area contributed by atoms with E-state index in [4.69, 9.17) is 45.1 Å². The molecule has 16 rings (SSSR count). The Balaban J connectivity index is 0.000000209. The van der Waals surface area contributed by atoms with Crippen LogP contribution in [0.3, 0.4) is 0 Å². The van der Waals surface area contributed by atoms with Crippen molar-refractivity contribution >= 4 is 110 Å². The molecule has 0 aliphatic carbocycles. The van der Waals surface area contributed by atoms with Gasteiger partial charge in [0.2, 0.25) is 0 Å². The number of nitrogens with zero attached hydrogens (tertiary/aromatic N) is 8. The number of benzene rings is 8. The molecule has 0 spiro atoms. The van der Waals surface area contributed by atoms with E-state index in [1.807, 2.05) is 133 Å². The number of aryl methyl sites for hydroxylation is 4. The standard InChI is InChI=1S/C36H44N4.C20H13N2.C19H12N.C13H8NS.2C5H8O2.3Ir.Pt/c1-9-21-22(10-2)30-18-32-25(13-5)26(14-6)34(39-32)20-36-28(16-8)27(15-7)35(40-36)19-33-24(12-4)23(11-3)31(38-33)17-29(21)37-30;1-3-9-15(10-4-1)19-20(16-11-5-2-6-12-16)22-18-14-8-7-13-17(18)21-19;1-2-8-14(9-3-1)19-17-12-5-4-10-15(17)16-11-6-7-13-18(16)20-19;1-2-6-10(7-3-1)13-14-11-8-4-5-9-12(11)15-13;2*1-4(6)3-5(2)7;;;;/h17-20H,9-16H2,1-8H3;1-11,13-14H;1-8,10-13H;1-6,8-9H;2*3,6H,1-2H3;;;;/q-2;3*-1;;;;;;+2. The molecule has 0 atom stereocenters. The quantitative estimate of drug-likeness (QED) is 0.0456. The van der Waals surface area contributed by atoms with Crippen LogP contribution < -0.4 is 9.97 Å². The zero-order chi connectivity index (χ0) is 78.5. The topological polar surface area (TPSA) is 180 Å². The second kappa shape index (κ2) is 45.0. The number of fused-ring (bicyclic) bond motifs is 13. The number of thiazole rings is 1. The molecule has 595 valence electrons. The van der Waals surface area contributed by atoms with E-state index in [2.05, 4.69) is 170 Å². The summed E-state index contributed by atoms with van der Waals surface area (Å²) in [6.45, 7) is 23.6. The molecule has 0 saturated carbocycles. The molecule has 8 heterocycles. The molecule has 2 N–H and O–H groups in total. The van der Waals surface area contributed by atoms with Crippen LogP contribution in [0.15, 0.2) is 248 Å². The summed E-state index contributed by atoms with van der Waals surface area (Å²) in [4.78, 5) is 60.1. The molecule has 2 aliphatic heterocycles. The largest absolute Gasteiger partial charge is 2.00 e. The molecule has 8 aromatic carbocycles. The van der Waals surface area contributed by atoms with Gasteiger partial charge < -0.3 is 20.2 Å². The first-order valence-electron chi connectivity index (χ1n) is 38.2. The number of ketones is 2. The molecule has 115 heavy (non-hydrogen) atoms. The van der Waals surface area contributed by atoms with Crippen molar-refractivity contribution in [3.63, 3.8) is 0 Å². The summed E-state index contributed by atoms with van der Waals surface area (Å²) >= 11 is 1.71. The maximum Gasteiger partial charge on any atom is 2.00 e. The first-order valence-corrected chi connectivity index (χ1v) is 39.1. The van der Waals surface area contributed by atoms with E-state index in [1.165, 1.54) is 105 Å². The van der Waals surface area contributed by atoms with Crippen LogP contribution in [-0.4, -0.2) is 51.7 Å². The van der Waals surface area contributed by atoms with E-state index in [0.717, 1.165) is 163 Å². The van der Waals surface area contributed by atoms with Gasteiger partial charge in [-0.1, -0.05) is 199 Å². The van der Waals surface area contributed by atoms with Gasteiger partial charge in [-0.25, -0.2) is 9.97 Å². The first-order chi connectivity index (χ1) is 54.0. The smallest absolute Gasteiger partial charge is 0.657 e. The number of allylic oxidation sites excluding steroid dienone is 8. The van der Waals surface area contributed by atoms with Gasteiger partial charge in [0.05, 0.1) is 62.1 Å². The summed E-state index contributed by atoms with van der Waals surface area (Å²) in [6.07, 6.45) is 9.93. The molecular weight excluding hydrogens is 2160 g/mol. The van der Waals surface area contributed by atoms with Crippen molar-refractivity contribution in [1.82, 2.24) is 39.9 Å². The number of carbonyl (C=O) groups excluding carboxylic acids is 2. The van der Waals surface area contributed by atoms with Crippen LogP contribution in [-0.2, 0) is 117 Å². The van der Waals surface area contributed by atoms with Crippen molar-refractivity contribution in [3.05, 3.63) is 311 Å². The predicted molar refractivity (Wildman–Crippen MR) is 462 cm³/mol. The Kier molecular flexibility index (Phi) is 36.2. The minimum atomic E-state index is -0.125. The fourth-order valence-electron chi connectivity index (χ4n) is 14.2. The van der Waals surface area contributed by atoms with Crippen molar-refractivity contribution in [2.24, 2.45) is 0 Å². The molecule has 14 aromatic rings. The van der Waals surface area contributed by atoms with Gasteiger partial charge in [0.1, 0.15) is 0 Å². The van der Waals surface area contributed by atoms with Gasteiger partial charge in [0, 0.05) is 93.3 Å². The van der Waals surface area contributed by atoms with Gasteiger partial charge >= 0.3 is 21.1 Å². The Morgan fingerprint density at radius 2 is 0.696 bits per heavy atom. The van der Waals surface area contributed by atoms with Gasteiger partial charge in [-0.3, -0.25) is 29.5 Å². The van der Waals surface area contributed by atoms with Crippen LogP contribution in [0.4, 0.5) is 0 Å². The van der Waals surface area contributed by atoms with E-state index >= 15 is 0 Å². The summed E-state index contributed by atoms with van der Waals surface area (Å²) in [5, 5.41) is 21.4. The minimum absolute atomic E-state index is 0. The second-order valence-corrected chi connectivity index (χ2v) is 27.7. The summed E-state index contributed by atoms with van der Waals surface area (Å²) in [7, 11) is 0. The fraction of sp³-hybridized carbons (Fsp3) is 0.204. The third-order valence-electron chi connectivity index (χ3n) is 19.0. The third-order valence-corrected chi connectivity index (χ3v) is 20.1. The molecule has 0 fully saturated rings. The van der Waals surface area contributed by atoms with Crippen molar-refractivity contribution in [1.29, 1.82) is 0 Å². The number of aromatic nitrogens is 8. The number of pyridine rings is 1. The molecule has 0 saturated heterocycles. The normalized spacial score (nSPS) is 11.5. The van der Waals surface area contributed by atoms with Crippen molar-refractivity contribution in [2.75, 3.05) is 0 Å². The molecule has 6 aromatic heterocycles. The zero-order valence-corrected chi connectivity index (χ0v) is 77.0. The molecule has 17 heteroatoms. The number of hydrogen-bond acceptors (Lipinski definition) is 11. The van der Waals surface area contributed by atoms with Gasteiger partial charge in [0.15, 0.2) is 11.6 Å².